The monoisotopic (exact) mass is 293 g/mol. The lowest BCUT2D eigenvalue weighted by atomic mass is 9.92. The molecule has 0 fully saturated rings. The molecule has 3 rings (SSSR count). The molecule has 1 aliphatic rings. The van der Waals surface area contributed by atoms with E-state index in [9.17, 15) is 18.3 Å². The molecule has 1 heterocycles. The van der Waals surface area contributed by atoms with Crippen LogP contribution in [0.15, 0.2) is 42.6 Å². The standard InChI is InChI=1S/C16H14F3NO/c17-16(18,19)12-5-1-3-11(9-12)15(21)13-7-6-10-4-2-8-20-14(10)13/h1-5,8-9,13,15,21H,6-7H2. The summed E-state index contributed by atoms with van der Waals surface area (Å²) in [4.78, 5) is 4.28. The van der Waals surface area contributed by atoms with Crippen LogP contribution in [-0.4, -0.2) is 10.1 Å². The second kappa shape index (κ2) is 5.15. The van der Waals surface area contributed by atoms with Crippen molar-refractivity contribution in [1.82, 2.24) is 4.98 Å². The van der Waals surface area contributed by atoms with Crippen LogP contribution in [0.4, 0.5) is 13.2 Å². The topological polar surface area (TPSA) is 33.1 Å². The summed E-state index contributed by atoms with van der Waals surface area (Å²) >= 11 is 0. The molecule has 0 bridgehead atoms. The molecule has 2 atom stereocenters. The van der Waals surface area contributed by atoms with E-state index in [1.54, 1.807) is 6.20 Å². The molecule has 0 amide bonds. The minimum absolute atomic E-state index is 0.246. The maximum Gasteiger partial charge on any atom is 0.416 e. The number of benzene rings is 1. The summed E-state index contributed by atoms with van der Waals surface area (Å²) in [6.45, 7) is 0. The van der Waals surface area contributed by atoms with Crippen molar-refractivity contribution in [1.29, 1.82) is 0 Å². The van der Waals surface area contributed by atoms with E-state index >= 15 is 0 Å². The number of aliphatic hydroxyl groups excluding tert-OH is 1. The molecule has 2 unspecified atom stereocenters. The van der Waals surface area contributed by atoms with Crippen molar-refractivity contribution >= 4 is 0 Å². The molecule has 2 nitrogen and oxygen atoms in total. The molecule has 1 aliphatic carbocycles. The van der Waals surface area contributed by atoms with E-state index in [1.165, 1.54) is 12.1 Å². The second-order valence-corrected chi connectivity index (χ2v) is 5.26. The van der Waals surface area contributed by atoms with Gasteiger partial charge in [0.25, 0.3) is 0 Å². The Morgan fingerprint density at radius 2 is 2.00 bits per heavy atom. The highest BCUT2D eigenvalue weighted by molar-refractivity contribution is 5.34. The number of rotatable bonds is 2. The van der Waals surface area contributed by atoms with Crippen LogP contribution < -0.4 is 0 Å². The quantitative estimate of drug-likeness (QED) is 0.912. The third-order valence-electron chi connectivity index (χ3n) is 3.94. The highest BCUT2D eigenvalue weighted by Crippen LogP contribution is 2.41. The average Bonchev–Trinajstić information content (AvgIpc) is 2.90. The Labute approximate surface area is 120 Å². The number of halogens is 3. The lowest BCUT2D eigenvalue weighted by Crippen LogP contribution is -2.11. The van der Waals surface area contributed by atoms with E-state index in [-0.39, 0.29) is 11.5 Å². The zero-order valence-electron chi connectivity index (χ0n) is 11.1. The van der Waals surface area contributed by atoms with Gasteiger partial charge in [-0.15, -0.1) is 0 Å². The molecule has 0 spiro atoms. The molecule has 0 aliphatic heterocycles. The lowest BCUT2D eigenvalue weighted by Gasteiger charge is -2.20. The first-order valence-corrected chi connectivity index (χ1v) is 6.76. The van der Waals surface area contributed by atoms with Crippen LogP contribution in [0.25, 0.3) is 0 Å². The minimum Gasteiger partial charge on any atom is -0.388 e. The van der Waals surface area contributed by atoms with Crippen LogP contribution in [0.5, 0.6) is 0 Å². The minimum atomic E-state index is -4.40. The SMILES string of the molecule is OC(c1cccc(C(F)(F)F)c1)C1CCc2cccnc21. The highest BCUT2D eigenvalue weighted by atomic mass is 19.4. The second-order valence-electron chi connectivity index (χ2n) is 5.26. The Bertz CT molecular complexity index is 654. The van der Waals surface area contributed by atoms with Gasteiger partial charge in [-0.05, 0) is 42.2 Å². The Hall–Kier alpha value is -1.88. The van der Waals surface area contributed by atoms with Gasteiger partial charge in [0.1, 0.15) is 0 Å². The fourth-order valence-electron chi connectivity index (χ4n) is 2.88. The van der Waals surface area contributed by atoms with Gasteiger partial charge in [0.15, 0.2) is 0 Å². The van der Waals surface area contributed by atoms with Crippen LogP contribution in [0.2, 0.25) is 0 Å². The van der Waals surface area contributed by atoms with Gasteiger partial charge in [0.05, 0.1) is 11.7 Å². The number of aliphatic hydroxyl groups is 1. The fourth-order valence-corrected chi connectivity index (χ4v) is 2.88. The summed E-state index contributed by atoms with van der Waals surface area (Å²) in [5.74, 6) is -0.246. The van der Waals surface area contributed by atoms with E-state index in [0.717, 1.165) is 29.8 Å². The number of hydrogen-bond donors (Lipinski definition) is 1. The number of aromatic nitrogens is 1. The summed E-state index contributed by atoms with van der Waals surface area (Å²) in [6.07, 6.45) is -2.23. The van der Waals surface area contributed by atoms with E-state index in [4.69, 9.17) is 0 Å². The van der Waals surface area contributed by atoms with Crippen molar-refractivity contribution in [2.45, 2.75) is 31.0 Å². The Balaban J connectivity index is 1.92. The van der Waals surface area contributed by atoms with Gasteiger partial charge in [-0.3, -0.25) is 4.98 Å². The predicted octanol–water partition coefficient (Wildman–Crippen LogP) is 3.86. The van der Waals surface area contributed by atoms with Crippen molar-refractivity contribution in [3.8, 4) is 0 Å². The zero-order chi connectivity index (χ0) is 15.0. The largest absolute Gasteiger partial charge is 0.416 e. The molecule has 21 heavy (non-hydrogen) atoms. The molecule has 0 radical (unpaired) electrons. The molecule has 110 valence electrons. The first-order chi connectivity index (χ1) is 9.97. The number of alkyl halides is 3. The number of aryl methyl sites for hydroxylation is 1. The zero-order valence-corrected chi connectivity index (χ0v) is 11.1. The first-order valence-electron chi connectivity index (χ1n) is 6.76. The number of fused-ring (bicyclic) bond motifs is 1. The van der Waals surface area contributed by atoms with Crippen molar-refractivity contribution in [3.05, 3.63) is 65.0 Å². The van der Waals surface area contributed by atoms with Gasteiger partial charge in [0.2, 0.25) is 0 Å². The molecule has 1 aromatic carbocycles. The van der Waals surface area contributed by atoms with Gasteiger partial charge < -0.3 is 5.11 Å². The van der Waals surface area contributed by atoms with Gasteiger partial charge in [-0.1, -0.05) is 18.2 Å². The van der Waals surface area contributed by atoms with Crippen molar-refractivity contribution in [2.24, 2.45) is 0 Å². The molecule has 5 heteroatoms. The van der Waals surface area contributed by atoms with Gasteiger partial charge in [-0.25, -0.2) is 0 Å². The molecule has 0 saturated heterocycles. The molecule has 1 N–H and O–H groups in total. The van der Waals surface area contributed by atoms with E-state index in [2.05, 4.69) is 4.98 Å². The van der Waals surface area contributed by atoms with Gasteiger partial charge in [0, 0.05) is 17.8 Å². The Morgan fingerprint density at radius 3 is 2.76 bits per heavy atom. The van der Waals surface area contributed by atoms with E-state index < -0.39 is 17.8 Å². The smallest absolute Gasteiger partial charge is 0.388 e. The third-order valence-corrected chi connectivity index (χ3v) is 3.94. The Morgan fingerprint density at radius 1 is 1.19 bits per heavy atom. The first kappa shape index (κ1) is 14.1. The third kappa shape index (κ3) is 2.65. The fraction of sp³-hybridized carbons (Fsp3) is 0.312. The molecule has 0 saturated carbocycles. The Kier molecular flexibility index (Phi) is 3.45. The van der Waals surface area contributed by atoms with E-state index in [0.29, 0.717) is 6.42 Å². The predicted molar refractivity (Wildman–Crippen MR) is 71.7 cm³/mol. The summed E-state index contributed by atoms with van der Waals surface area (Å²) in [5.41, 5.74) is 1.41. The summed E-state index contributed by atoms with van der Waals surface area (Å²) in [5, 5.41) is 10.4. The van der Waals surface area contributed by atoms with Crippen LogP contribution in [0, 0.1) is 0 Å². The maximum atomic E-state index is 12.8. The van der Waals surface area contributed by atoms with Gasteiger partial charge in [-0.2, -0.15) is 13.2 Å². The average molecular weight is 293 g/mol. The van der Waals surface area contributed by atoms with Gasteiger partial charge >= 0.3 is 6.18 Å². The highest BCUT2D eigenvalue weighted by Gasteiger charge is 2.34. The number of pyridine rings is 1. The lowest BCUT2D eigenvalue weighted by molar-refractivity contribution is -0.137. The van der Waals surface area contributed by atoms with Crippen LogP contribution in [0.1, 0.15) is 40.8 Å². The van der Waals surface area contributed by atoms with Crippen LogP contribution >= 0.6 is 0 Å². The van der Waals surface area contributed by atoms with Crippen molar-refractivity contribution in [2.75, 3.05) is 0 Å². The molecule has 1 aromatic heterocycles. The van der Waals surface area contributed by atoms with Crippen LogP contribution in [-0.2, 0) is 12.6 Å². The van der Waals surface area contributed by atoms with E-state index in [1.807, 2.05) is 12.1 Å². The van der Waals surface area contributed by atoms with Crippen molar-refractivity contribution < 1.29 is 18.3 Å². The number of nitrogens with zero attached hydrogens (tertiary/aromatic N) is 1. The van der Waals surface area contributed by atoms with Crippen molar-refractivity contribution in [3.63, 3.8) is 0 Å². The molecular weight excluding hydrogens is 279 g/mol. The van der Waals surface area contributed by atoms with Crippen LogP contribution in [0.3, 0.4) is 0 Å². The molecular formula is C16H14F3NO. The molecule has 2 aromatic rings. The summed E-state index contributed by atoms with van der Waals surface area (Å²) in [7, 11) is 0. The normalized spacial score (nSPS) is 19.3. The number of hydrogen-bond acceptors (Lipinski definition) is 2. The summed E-state index contributed by atoms with van der Waals surface area (Å²) in [6, 6.07) is 8.66. The maximum absolute atomic E-state index is 12.8. The summed E-state index contributed by atoms with van der Waals surface area (Å²) < 4.78 is 38.3.